The van der Waals surface area contributed by atoms with Crippen molar-refractivity contribution < 1.29 is 9.53 Å². The van der Waals surface area contributed by atoms with Gasteiger partial charge in [0.15, 0.2) is 0 Å². The standard InChI is InChI=1S/C20H22N6O2/c1-3-19(27)25-10-13-6-16(7-14(13)11-25)28-20-18-4-5-21-26(18)12-17(23-20)15-8-22-24(2)9-15/h3-5,8-9,12-14,16H,1,6-7,10-11H2,2H3/t13-,14+,16?. The Morgan fingerprint density at radius 2 is 2.04 bits per heavy atom. The number of hydrogen-bond acceptors (Lipinski definition) is 5. The molecule has 3 aromatic heterocycles. The van der Waals surface area contributed by atoms with E-state index in [0.717, 1.165) is 42.7 Å². The number of likely N-dealkylation sites (tertiary alicyclic amines) is 1. The van der Waals surface area contributed by atoms with Crippen LogP contribution >= 0.6 is 0 Å². The van der Waals surface area contributed by atoms with Crippen LogP contribution in [0.15, 0.2) is 43.5 Å². The molecule has 0 N–H and O–H groups in total. The zero-order chi connectivity index (χ0) is 19.3. The molecule has 8 heteroatoms. The molecule has 1 saturated heterocycles. The summed E-state index contributed by atoms with van der Waals surface area (Å²) < 4.78 is 9.90. The fourth-order valence-electron chi connectivity index (χ4n) is 4.48. The minimum absolute atomic E-state index is 0.0266. The molecule has 0 spiro atoms. The first-order valence-electron chi connectivity index (χ1n) is 9.52. The van der Waals surface area contributed by atoms with Gasteiger partial charge in [0, 0.05) is 31.9 Å². The van der Waals surface area contributed by atoms with Crippen LogP contribution in [0.25, 0.3) is 16.8 Å². The summed E-state index contributed by atoms with van der Waals surface area (Å²) in [6.45, 7) is 5.17. The van der Waals surface area contributed by atoms with Crippen LogP contribution in [-0.2, 0) is 11.8 Å². The highest BCUT2D eigenvalue weighted by atomic mass is 16.5. The molecular weight excluding hydrogens is 356 g/mol. The van der Waals surface area contributed by atoms with Crippen molar-refractivity contribution in [3.8, 4) is 17.1 Å². The molecule has 1 unspecified atom stereocenters. The van der Waals surface area contributed by atoms with Gasteiger partial charge in [0.1, 0.15) is 11.6 Å². The van der Waals surface area contributed by atoms with Crippen molar-refractivity contribution in [3.63, 3.8) is 0 Å². The Bertz CT molecular complexity index is 1040. The first kappa shape index (κ1) is 17.0. The topological polar surface area (TPSA) is 77.6 Å². The smallest absolute Gasteiger partial charge is 0.245 e. The summed E-state index contributed by atoms with van der Waals surface area (Å²) in [6.07, 6.45) is 10.7. The van der Waals surface area contributed by atoms with Crippen molar-refractivity contribution in [2.24, 2.45) is 18.9 Å². The van der Waals surface area contributed by atoms with Gasteiger partial charge < -0.3 is 9.64 Å². The normalized spacial score (nSPS) is 23.9. The Morgan fingerprint density at radius 1 is 1.25 bits per heavy atom. The first-order chi connectivity index (χ1) is 13.6. The van der Waals surface area contributed by atoms with E-state index in [9.17, 15) is 4.79 Å². The summed E-state index contributed by atoms with van der Waals surface area (Å²) in [5, 5.41) is 8.59. The van der Waals surface area contributed by atoms with E-state index in [1.54, 1.807) is 21.6 Å². The van der Waals surface area contributed by atoms with E-state index in [1.165, 1.54) is 6.08 Å². The van der Waals surface area contributed by atoms with Crippen LogP contribution < -0.4 is 4.74 Å². The second-order valence-electron chi connectivity index (χ2n) is 7.67. The molecule has 1 amide bonds. The number of carbonyl (C=O) groups is 1. The summed E-state index contributed by atoms with van der Waals surface area (Å²) in [6, 6.07) is 1.91. The predicted molar refractivity (Wildman–Crippen MR) is 103 cm³/mol. The number of fused-ring (bicyclic) bond motifs is 2. The van der Waals surface area contributed by atoms with Gasteiger partial charge in [0.25, 0.3) is 0 Å². The van der Waals surface area contributed by atoms with Crippen LogP contribution in [0.4, 0.5) is 0 Å². The second-order valence-corrected chi connectivity index (χ2v) is 7.67. The number of nitrogens with zero attached hydrogens (tertiary/aromatic N) is 6. The van der Waals surface area contributed by atoms with Crippen LogP contribution in [0.2, 0.25) is 0 Å². The Kier molecular flexibility index (Phi) is 3.92. The average Bonchev–Trinajstić information content (AvgIpc) is 3.43. The highest BCUT2D eigenvalue weighted by Gasteiger charge is 2.43. The number of rotatable bonds is 4. The summed E-state index contributed by atoms with van der Waals surface area (Å²) in [5.41, 5.74) is 2.56. The lowest BCUT2D eigenvalue weighted by atomic mass is 10.0. The quantitative estimate of drug-likeness (QED) is 0.649. The van der Waals surface area contributed by atoms with Gasteiger partial charge in [-0.2, -0.15) is 10.2 Å². The largest absolute Gasteiger partial charge is 0.473 e. The molecule has 2 fully saturated rings. The highest BCUT2D eigenvalue weighted by molar-refractivity contribution is 5.87. The lowest BCUT2D eigenvalue weighted by molar-refractivity contribution is -0.125. The summed E-state index contributed by atoms with van der Waals surface area (Å²) >= 11 is 0. The zero-order valence-corrected chi connectivity index (χ0v) is 15.7. The van der Waals surface area contributed by atoms with Gasteiger partial charge in [-0.1, -0.05) is 6.58 Å². The Labute approximate surface area is 162 Å². The van der Waals surface area contributed by atoms with Crippen molar-refractivity contribution in [1.82, 2.24) is 29.3 Å². The van der Waals surface area contributed by atoms with Crippen molar-refractivity contribution in [2.75, 3.05) is 13.1 Å². The molecule has 1 aliphatic carbocycles. The Morgan fingerprint density at radius 3 is 2.71 bits per heavy atom. The molecule has 0 radical (unpaired) electrons. The maximum atomic E-state index is 11.9. The van der Waals surface area contributed by atoms with Gasteiger partial charge in [0.05, 0.1) is 24.3 Å². The molecule has 1 aliphatic heterocycles. The monoisotopic (exact) mass is 378 g/mol. The lowest BCUT2D eigenvalue weighted by Gasteiger charge is -2.19. The van der Waals surface area contributed by atoms with Gasteiger partial charge in [-0.25, -0.2) is 9.50 Å². The van der Waals surface area contributed by atoms with Gasteiger partial charge >= 0.3 is 0 Å². The number of aromatic nitrogens is 5. The van der Waals surface area contributed by atoms with E-state index >= 15 is 0 Å². The number of ether oxygens (including phenoxy) is 1. The van der Waals surface area contributed by atoms with E-state index in [-0.39, 0.29) is 12.0 Å². The van der Waals surface area contributed by atoms with Crippen LogP contribution in [0.5, 0.6) is 5.88 Å². The number of hydrogen-bond donors (Lipinski definition) is 0. The molecule has 3 aromatic rings. The molecule has 144 valence electrons. The van der Waals surface area contributed by atoms with Crippen LogP contribution in [0, 0.1) is 11.8 Å². The van der Waals surface area contributed by atoms with E-state index < -0.39 is 0 Å². The van der Waals surface area contributed by atoms with Crippen LogP contribution in [0.1, 0.15) is 12.8 Å². The minimum Gasteiger partial charge on any atom is -0.473 e. The van der Waals surface area contributed by atoms with Crippen molar-refractivity contribution in [1.29, 1.82) is 0 Å². The number of carbonyl (C=O) groups excluding carboxylic acids is 1. The molecule has 2 aliphatic rings. The molecule has 8 nitrogen and oxygen atoms in total. The second kappa shape index (κ2) is 6.47. The third-order valence-corrected chi connectivity index (χ3v) is 5.83. The molecule has 0 aromatic carbocycles. The maximum absolute atomic E-state index is 11.9. The third kappa shape index (κ3) is 2.85. The minimum atomic E-state index is 0.0266. The summed E-state index contributed by atoms with van der Waals surface area (Å²) in [5.74, 6) is 1.59. The fourth-order valence-corrected chi connectivity index (χ4v) is 4.48. The first-order valence-corrected chi connectivity index (χ1v) is 9.52. The van der Waals surface area contributed by atoms with Crippen LogP contribution in [-0.4, -0.2) is 54.4 Å². The molecule has 4 heterocycles. The summed E-state index contributed by atoms with van der Waals surface area (Å²) in [4.78, 5) is 18.5. The SMILES string of the molecule is C=CC(=O)N1C[C@H]2CC(Oc3nc(-c4cnn(C)c4)cn4nccc34)C[C@H]2C1. The van der Waals surface area contributed by atoms with Crippen molar-refractivity contribution in [3.05, 3.63) is 43.5 Å². The zero-order valence-electron chi connectivity index (χ0n) is 15.7. The molecule has 3 atom stereocenters. The van der Waals surface area contributed by atoms with Crippen molar-refractivity contribution in [2.45, 2.75) is 18.9 Å². The fraction of sp³-hybridized carbons (Fsp3) is 0.400. The Balaban J connectivity index is 1.37. The van der Waals surface area contributed by atoms with E-state index in [4.69, 9.17) is 9.72 Å². The van der Waals surface area contributed by atoms with E-state index in [1.807, 2.05) is 30.4 Å². The highest BCUT2D eigenvalue weighted by Crippen LogP contribution is 2.40. The van der Waals surface area contributed by atoms with Crippen LogP contribution in [0.3, 0.4) is 0 Å². The average molecular weight is 378 g/mol. The van der Waals surface area contributed by atoms with Crippen molar-refractivity contribution >= 4 is 11.4 Å². The lowest BCUT2D eigenvalue weighted by Crippen LogP contribution is -2.29. The maximum Gasteiger partial charge on any atom is 0.245 e. The summed E-state index contributed by atoms with van der Waals surface area (Å²) in [7, 11) is 1.88. The molecule has 0 bridgehead atoms. The van der Waals surface area contributed by atoms with Gasteiger partial charge in [-0.05, 0) is 36.8 Å². The van der Waals surface area contributed by atoms with Gasteiger partial charge in [-0.15, -0.1) is 0 Å². The number of amides is 1. The van der Waals surface area contributed by atoms with Gasteiger partial charge in [-0.3, -0.25) is 9.48 Å². The van der Waals surface area contributed by atoms with Gasteiger partial charge in [0.2, 0.25) is 11.8 Å². The number of aryl methyl sites for hydroxylation is 1. The third-order valence-electron chi connectivity index (χ3n) is 5.83. The van der Waals surface area contributed by atoms with E-state index in [2.05, 4.69) is 16.8 Å². The molecule has 1 saturated carbocycles. The molecule has 28 heavy (non-hydrogen) atoms. The predicted octanol–water partition coefficient (Wildman–Crippen LogP) is 1.93. The Hall–Kier alpha value is -3.16. The molecule has 5 rings (SSSR count). The van der Waals surface area contributed by atoms with E-state index in [0.29, 0.717) is 17.7 Å². The molecular formula is C20H22N6O2.